The Bertz CT molecular complexity index is 1270. The first-order valence-electron chi connectivity index (χ1n) is 12.9. The van der Waals surface area contributed by atoms with Crippen LogP contribution in [0.2, 0.25) is 0 Å². The van der Waals surface area contributed by atoms with Gasteiger partial charge in [-0.1, -0.05) is 24.3 Å². The van der Waals surface area contributed by atoms with Gasteiger partial charge in [-0.15, -0.1) is 0 Å². The molecule has 2 N–H and O–H groups in total. The molecule has 2 saturated heterocycles. The van der Waals surface area contributed by atoms with Gasteiger partial charge < -0.3 is 24.8 Å². The molecule has 0 bridgehead atoms. The molecule has 2 fully saturated rings. The summed E-state index contributed by atoms with van der Waals surface area (Å²) in [5.41, 5.74) is 2.45. The monoisotopic (exact) mass is 502 g/mol. The molecule has 0 aliphatic carbocycles. The zero-order valence-corrected chi connectivity index (χ0v) is 21.3. The van der Waals surface area contributed by atoms with E-state index in [0.717, 1.165) is 86.7 Å². The van der Waals surface area contributed by atoms with Gasteiger partial charge in [-0.05, 0) is 35.9 Å². The van der Waals surface area contributed by atoms with Crippen LogP contribution in [0.25, 0.3) is 22.0 Å². The summed E-state index contributed by atoms with van der Waals surface area (Å²) >= 11 is 0. The number of aryl methyl sites for hydroxylation is 1. The van der Waals surface area contributed by atoms with E-state index in [0.29, 0.717) is 18.3 Å². The average molecular weight is 503 g/mol. The zero-order valence-electron chi connectivity index (χ0n) is 21.3. The van der Waals surface area contributed by atoms with Crippen molar-refractivity contribution in [3.05, 3.63) is 60.4 Å². The molecule has 37 heavy (non-hydrogen) atoms. The number of rotatable bonds is 6. The number of nitrogens with one attached hydrogen (secondary N) is 1. The number of aromatic hydroxyl groups is 1. The van der Waals surface area contributed by atoms with Crippen molar-refractivity contribution in [1.29, 1.82) is 0 Å². The van der Waals surface area contributed by atoms with Crippen LogP contribution < -0.4 is 15.0 Å². The zero-order chi connectivity index (χ0) is 25.5. The predicted octanol–water partition coefficient (Wildman–Crippen LogP) is 2.95. The number of hydrogen-bond donors (Lipinski definition) is 2. The number of phenolic OH excluding ortho intramolecular Hbond substituents is 1. The number of morpholine rings is 1. The Morgan fingerprint density at radius 1 is 1.03 bits per heavy atom. The molecule has 1 aromatic heterocycles. The molecule has 0 amide bonds. The van der Waals surface area contributed by atoms with E-state index in [1.807, 2.05) is 43.5 Å². The minimum atomic E-state index is 0.196. The molecule has 3 aromatic rings. The number of aromatic nitrogens is 3. The molecule has 2 aliphatic rings. The Balaban J connectivity index is 1.54. The molecule has 0 spiro atoms. The molecule has 0 unspecified atom stereocenters. The van der Waals surface area contributed by atoms with E-state index in [2.05, 4.69) is 20.1 Å². The Morgan fingerprint density at radius 2 is 1.84 bits per heavy atom. The second kappa shape index (κ2) is 12.1. The first kappa shape index (κ1) is 25.1. The van der Waals surface area contributed by atoms with Gasteiger partial charge in [0.15, 0.2) is 0 Å². The number of phenols is 1. The fourth-order valence-corrected chi connectivity index (χ4v) is 4.67. The quantitative estimate of drug-likeness (QED) is 0.527. The summed E-state index contributed by atoms with van der Waals surface area (Å²) in [4.78, 5) is 18.8. The van der Waals surface area contributed by atoms with E-state index in [-0.39, 0.29) is 5.75 Å². The third-order valence-corrected chi connectivity index (χ3v) is 6.65. The third-order valence-electron chi connectivity index (χ3n) is 6.65. The Hall–Kier alpha value is -3.53. The summed E-state index contributed by atoms with van der Waals surface area (Å²) in [5.74, 6) is 1.01. The molecule has 3 heterocycles. The van der Waals surface area contributed by atoms with Crippen molar-refractivity contribution < 1.29 is 14.6 Å². The summed E-state index contributed by atoms with van der Waals surface area (Å²) in [6.07, 6.45) is 3.52. The Labute approximate surface area is 217 Å². The van der Waals surface area contributed by atoms with Crippen LogP contribution in [0, 0.1) is 6.92 Å². The van der Waals surface area contributed by atoms with Crippen molar-refractivity contribution in [2.45, 2.75) is 6.92 Å². The number of hydrogen-bond acceptors (Lipinski definition) is 9. The van der Waals surface area contributed by atoms with Crippen LogP contribution in [-0.4, -0.2) is 90.6 Å². The van der Waals surface area contributed by atoms with E-state index >= 15 is 0 Å². The SMILES string of the molecule is Cc1cnc(-c2cc(O)cc3ccccc23)ccnc(OCCN2CCOCC2)nc1N1CCNCC1. The van der Waals surface area contributed by atoms with Crippen LogP contribution in [0.4, 0.5) is 5.82 Å². The maximum absolute atomic E-state index is 10.4. The number of piperazine rings is 1. The van der Waals surface area contributed by atoms with Crippen molar-refractivity contribution in [3.8, 4) is 23.0 Å². The molecular weight excluding hydrogens is 468 g/mol. The minimum Gasteiger partial charge on any atom is -0.508 e. The lowest BCUT2D eigenvalue weighted by atomic mass is 10.0. The van der Waals surface area contributed by atoms with E-state index in [9.17, 15) is 5.11 Å². The van der Waals surface area contributed by atoms with Crippen LogP contribution in [0.3, 0.4) is 0 Å². The highest BCUT2D eigenvalue weighted by Crippen LogP contribution is 2.31. The van der Waals surface area contributed by atoms with Crippen molar-refractivity contribution in [2.75, 3.05) is 70.5 Å². The lowest BCUT2D eigenvalue weighted by Gasteiger charge is -2.29. The number of anilines is 1. The smallest absolute Gasteiger partial charge is 0.318 e. The van der Waals surface area contributed by atoms with Crippen molar-refractivity contribution in [3.63, 3.8) is 0 Å². The summed E-state index contributed by atoms with van der Waals surface area (Å²) in [6.45, 7) is 10.1. The summed E-state index contributed by atoms with van der Waals surface area (Å²) in [6, 6.07) is 13.6. The normalized spacial score (nSPS) is 16.4. The van der Waals surface area contributed by atoms with Crippen LogP contribution in [-0.2, 0) is 4.74 Å². The summed E-state index contributed by atoms with van der Waals surface area (Å²) in [7, 11) is 0. The second-order valence-corrected chi connectivity index (χ2v) is 9.24. The average Bonchev–Trinajstić information content (AvgIpc) is 2.93. The predicted molar refractivity (Wildman–Crippen MR) is 145 cm³/mol. The highest BCUT2D eigenvalue weighted by Gasteiger charge is 2.15. The largest absolute Gasteiger partial charge is 0.508 e. The van der Waals surface area contributed by atoms with Gasteiger partial charge in [0.2, 0.25) is 0 Å². The van der Waals surface area contributed by atoms with Crippen LogP contribution >= 0.6 is 0 Å². The van der Waals surface area contributed by atoms with E-state index in [4.69, 9.17) is 19.4 Å². The van der Waals surface area contributed by atoms with Crippen molar-refractivity contribution in [2.24, 2.45) is 0 Å². The fraction of sp³-hybridized carbons (Fsp3) is 0.393. The molecule has 0 saturated carbocycles. The third kappa shape index (κ3) is 6.43. The lowest BCUT2D eigenvalue weighted by Crippen LogP contribution is -2.44. The number of benzene rings is 2. The van der Waals surface area contributed by atoms with Gasteiger partial charge in [0.1, 0.15) is 18.2 Å². The van der Waals surface area contributed by atoms with E-state index in [1.165, 1.54) is 0 Å². The molecule has 0 atom stereocenters. The van der Waals surface area contributed by atoms with Crippen LogP contribution in [0.1, 0.15) is 5.56 Å². The number of ether oxygens (including phenoxy) is 2. The molecule has 194 valence electrons. The highest BCUT2D eigenvalue weighted by atomic mass is 16.5. The van der Waals surface area contributed by atoms with E-state index in [1.54, 1.807) is 18.3 Å². The van der Waals surface area contributed by atoms with Gasteiger partial charge in [-0.25, -0.2) is 4.98 Å². The highest BCUT2D eigenvalue weighted by molar-refractivity contribution is 5.96. The fourth-order valence-electron chi connectivity index (χ4n) is 4.67. The minimum absolute atomic E-state index is 0.196. The van der Waals surface area contributed by atoms with Gasteiger partial charge in [0.05, 0.1) is 18.9 Å². The maximum Gasteiger partial charge on any atom is 0.318 e. The summed E-state index contributed by atoms with van der Waals surface area (Å²) in [5, 5.41) is 15.7. The Morgan fingerprint density at radius 3 is 2.68 bits per heavy atom. The van der Waals surface area contributed by atoms with Gasteiger partial charge in [-0.3, -0.25) is 9.88 Å². The van der Waals surface area contributed by atoms with Crippen LogP contribution in [0.15, 0.2) is 54.9 Å². The van der Waals surface area contributed by atoms with Gasteiger partial charge >= 0.3 is 6.01 Å². The molecule has 0 radical (unpaired) electrons. The topological polar surface area (TPSA) is 95.9 Å². The lowest BCUT2D eigenvalue weighted by molar-refractivity contribution is 0.0317. The van der Waals surface area contributed by atoms with Gasteiger partial charge in [0.25, 0.3) is 0 Å². The van der Waals surface area contributed by atoms with Gasteiger partial charge in [0, 0.05) is 69.3 Å². The van der Waals surface area contributed by atoms with Crippen molar-refractivity contribution in [1.82, 2.24) is 25.2 Å². The van der Waals surface area contributed by atoms with Crippen molar-refractivity contribution >= 4 is 16.6 Å². The maximum atomic E-state index is 10.4. The molecule has 2 aromatic carbocycles. The summed E-state index contributed by atoms with van der Waals surface area (Å²) < 4.78 is 11.5. The first-order chi connectivity index (χ1) is 18.2. The molecule has 2 aliphatic heterocycles. The second-order valence-electron chi connectivity index (χ2n) is 9.24. The van der Waals surface area contributed by atoms with E-state index < -0.39 is 0 Å². The first-order valence-corrected chi connectivity index (χ1v) is 12.9. The van der Waals surface area contributed by atoms with Gasteiger partial charge in [-0.2, -0.15) is 4.98 Å². The molecule has 9 nitrogen and oxygen atoms in total. The number of fused-ring (bicyclic) bond motifs is 1. The van der Waals surface area contributed by atoms with Crippen LogP contribution in [0.5, 0.6) is 11.8 Å². The Kier molecular flexibility index (Phi) is 8.25. The molecule has 9 heteroatoms. The standard InChI is InChI=1S/C28H34N6O3/c1-21-20-31-26(25-19-23(35)18-22-4-2-3-5-24(22)25)6-7-30-28(32-27(21)34-10-8-29-9-11-34)37-17-14-33-12-15-36-16-13-33/h2-7,18-20,29,35H,8-17H2,1H3. The molecule has 5 rings (SSSR count). The molecular formula is C28H34N6O3. The number of nitrogens with zero attached hydrogens (tertiary/aromatic N) is 5.